The van der Waals surface area contributed by atoms with E-state index >= 15 is 0 Å². The normalized spacial score (nSPS) is 12.2. The van der Waals surface area contributed by atoms with Gasteiger partial charge in [-0.1, -0.05) is 39.4 Å². The fraction of sp³-hybridized carbons (Fsp3) is 0. The van der Waals surface area contributed by atoms with Crippen LogP contribution in [0, 0.1) is 0 Å². The smallest absolute Gasteiger partial charge is 0.267 e. The van der Waals surface area contributed by atoms with Gasteiger partial charge in [0.1, 0.15) is 0 Å². The largest absolute Gasteiger partial charge is 0.281 e. The van der Waals surface area contributed by atoms with Gasteiger partial charge in [0, 0.05) is 9.86 Å². The van der Waals surface area contributed by atoms with E-state index < -0.39 is 0 Å². The number of halogens is 1. The Morgan fingerprint density at radius 1 is 1.10 bits per heavy atom. The number of benzene rings is 2. The first-order chi connectivity index (χ1) is 10.2. The summed E-state index contributed by atoms with van der Waals surface area (Å²) in [6, 6.07) is 11.6. The van der Waals surface area contributed by atoms with Crippen molar-refractivity contribution in [1.82, 2.24) is 14.4 Å². The summed E-state index contributed by atoms with van der Waals surface area (Å²) >= 11 is 5.03. The van der Waals surface area contributed by atoms with Crippen molar-refractivity contribution in [2.24, 2.45) is 0 Å². The Bertz CT molecular complexity index is 1220. The number of hydrogen-bond acceptors (Lipinski definition) is 4. The monoisotopic (exact) mass is 355 g/mol. The highest BCUT2D eigenvalue weighted by atomic mass is 79.9. The highest BCUT2D eigenvalue weighted by Crippen LogP contribution is 2.34. The van der Waals surface area contributed by atoms with Crippen molar-refractivity contribution in [3.8, 4) is 0 Å². The molecule has 5 rings (SSSR count). The van der Waals surface area contributed by atoms with Crippen molar-refractivity contribution in [2.75, 3.05) is 0 Å². The quantitative estimate of drug-likeness (QED) is 0.397. The van der Waals surface area contributed by atoms with Crippen molar-refractivity contribution >= 4 is 64.4 Å². The lowest BCUT2D eigenvalue weighted by atomic mass is 10.2. The van der Waals surface area contributed by atoms with E-state index in [-0.39, 0.29) is 5.56 Å². The standard InChI is InChI=1S/C15H6BrN3OS/c16-7-5-9-12-11(6-7)21-15-17-10-4-2-1-3-8(10)13(19(12)15)18-14(9)20/h1-6H. The molecule has 5 aromatic rings. The molecule has 0 amide bonds. The molecule has 4 nitrogen and oxygen atoms in total. The highest BCUT2D eigenvalue weighted by Gasteiger charge is 2.17. The predicted molar refractivity (Wildman–Crippen MR) is 88.5 cm³/mol. The van der Waals surface area contributed by atoms with Gasteiger partial charge in [-0.2, -0.15) is 4.98 Å². The van der Waals surface area contributed by atoms with Crippen molar-refractivity contribution < 1.29 is 0 Å². The maximum Gasteiger partial charge on any atom is 0.281 e. The van der Waals surface area contributed by atoms with Crippen LogP contribution in [0.3, 0.4) is 0 Å². The summed E-state index contributed by atoms with van der Waals surface area (Å²) in [6.07, 6.45) is 0. The van der Waals surface area contributed by atoms with Gasteiger partial charge in [0.25, 0.3) is 5.56 Å². The van der Waals surface area contributed by atoms with E-state index in [9.17, 15) is 4.79 Å². The SMILES string of the molecule is O=c1nc2c3ccccc3nc3sc4cc(Br)cc1c4n32. The molecule has 21 heavy (non-hydrogen) atoms. The lowest BCUT2D eigenvalue weighted by Gasteiger charge is -2.06. The minimum atomic E-state index is -0.197. The molecule has 0 atom stereocenters. The second kappa shape index (κ2) is 3.78. The van der Waals surface area contributed by atoms with Gasteiger partial charge in [-0.05, 0) is 24.3 Å². The molecule has 0 radical (unpaired) electrons. The Kier molecular flexibility index (Phi) is 2.09. The zero-order valence-electron chi connectivity index (χ0n) is 10.5. The lowest BCUT2D eigenvalue weighted by Crippen LogP contribution is -2.10. The molecule has 3 aromatic heterocycles. The average molecular weight is 356 g/mol. The van der Waals surface area contributed by atoms with Gasteiger partial charge < -0.3 is 0 Å². The highest BCUT2D eigenvalue weighted by molar-refractivity contribution is 9.10. The van der Waals surface area contributed by atoms with Crippen molar-refractivity contribution in [3.05, 3.63) is 51.2 Å². The van der Waals surface area contributed by atoms with Gasteiger partial charge in [0.2, 0.25) is 0 Å². The summed E-state index contributed by atoms with van der Waals surface area (Å²) in [5.74, 6) is 0. The maximum absolute atomic E-state index is 12.4. The van der Waals surface area contributed by atoms with Gasteiger partial charge in [-0.25, -0.2) is 4.98 Å². The predicted octanol–water partition coefficient (Wildman–Crippen LogP) is 3.81. The van der Waals surface area contributed by atoms with Crippen LogP contribution in [0.25, 0.3) is 37.1 Å². The Balaban J connectivity index is 2.26. The first-order valence-corrected chi connectivity index (χ1v) is 7.96. The molecule has 2 aromatic carbocycles. The molecule has 0 saturated carbocycles. The van der Waals surface area contributed by atoms with Crippen LogP contribution in [0.1, 0.15) is 0 Å². The van der Waals surface area contributed by atoms with E-state index in [0.29, 0.717) is 11.0 Å². The van der Waals surface area contributed by atoms with Crippen LogP contribution in [0.5, 0.6) is 0 Å². The van der Waals surface area contributed by atoms with E-state index in [4.69, 9.17) is 4.98 Å². The molecule has 100 valence electrons. The summed E-state index contributed by atoms with van der Waals surface area (Å²) in [6.45, 7) is 0. The molecule has 0 spiro atoms. The van der Waals surface area contributed by atoms with E-state index in [1.807, 2.05) is 40.8 Å². The third-order valence-electron chi connectivity index (χ3n) is 3.67. The second-order valence-electron chi connectivity index (χ2n) is 4.89. The average Bonchev–Trinajstić information content (AvgIpc) is 2.83. The summed E-state index contributed by atoms with van der Waals surface area (Å²) in [7, 11) is 0. The van der Waals surface area contributed by atoms with Gasteiger partial charge in [-0.3, -0.25) is 9.20 Å². The Morgan fingerprint density at radius 3 is 2.86 bits per heavy atom. The molecular formula is C15H6BrN3OS. The first kappa shape index (κ1) is 11.6. The summed E-state index contributed by atoms with van der Waals surface area (Å²) in [5, 5.41) is 1.52. The topological polar surface area (TPSA) is 47.3 Å². The van der Waals surface area contributed by atoms with E-state index in [0.717, 1.165) is 30.6 Å². The van der Waals surface area contributed by atoms with Gasteiger partial charge in [0.15, 0.2) is 10.6 Å². The minimum Gasteiger partial charge on any atom is -0.267 e. The summed E-state index contributed by atoms with van der Waals surface area (Å²) in [4.78, 5) is 22.2. The fourth-order valence-corrected chi connectivity index (χ4v) is 4.51. The number of hydrogen-bond donors (Lipinski definition) is 0. The van der Waals surface area contributed by atoms with Gasteiger partial charge in [-0.15, -0.1) is 0 Å². The Morgan fingerprint density at radius 2 is 1.95 bits per heavy atom. The van der Waals surface area contributed by atoms with Crippen LogP contribution in [0.4, 0.5) is 0 Å². The molecule has 3 heterocycles. The number of thiazole rings is 1. The number of para-hydroxylation sites is 1. The maximum atomic E-state index is 12.4. The van der Waals surface area contributed by atoms with Crippen LogP contribution < -0.4 is 5.56 Å². The number of nitrogens with zero attached hydrogens (tertiary/aromatic N) is 3. The van der Waals surface area contributed by atoms with E-state index in [1.54, 1.807) is 11.3 Å². The Hall–Kier alpha value is -2.05. The zero-order valence-corrected chi connectivity index (χ0v) is 12.9. The van der Waals surface area contributed by atoms with E-state index in [2.05, 4.69) is 20.9 Å². The first-order valence-electron chi connectivity index (χ1n) is 6.35. The number of fused-ring (bicyclic) bond motifs is 2. The van der Waals surface area contributed by atoms with Crippen molar-refractivity contribution in [2.45, 2.75) is 0 Å². The van der Waals surface area contributed by atoms with Crippen LogP contribution in [0.2, 0.25) is 0 Å². The van der Waals surface area contributed by atoms with Crippen LogP contribution >= 0.6 is 27.3 Å². The molecule has 0 aliphatic carbocycles. The molecule has 6 heteroatoms. The molecule has 0 aliphatic heterocycles. The minimum absolute atomic E-state index is 0.197. The number of aromatic nitrogens is 3. The molecule has 0 N–H and O–H groups in total. The molecular weight excluding hydrogens is 350 g/mol. The third kappa shape index (κ3) is 1.41. The summed E-state index contributed by atoms with van der Waals surface area (Å²) in [5.41, 5.74) is 2.25. The summed E-state index contributed by atoms with van der Waals surface area (Å²) < 4.78 is 3.91. The van der Waals surface area contributed by atoms with E-state index in [1.165, 1.54) is 0 Å². The lowest BCUT2D eigenvalue weighted by molar-refractivity contribution is 1.17. The molecule has 0 bridgehead atoms. The molecule has 0 saturated heterocycles. The van der Waals surface area contributed by atoms with Crippen molar-refractivity contribution in [1.29, 1.82) is 0 Å². The Labute approximate surface area is 130 Å². The second-order valence-corrected chi connectivity index (χ2v) is 6.81. The van der Waals surface area contributed by atoms with Gasteiger partial charge in [0.05, 0.1) is 21.1 Å². The van der Waals surface area contributed by atoms with Crippen LogP contribution in [-0.4, -0.2) is 14.4 Å². The van der Waals surface area contributed by atoms with Gasteiger partial charge >= 0.3 is 0 Å². The fourth-order valence-electron chi connectivity index (χ4n) is 2.81. The third-order valence-corrected chi connectivity index (χ3v) is 5.11. The molecule has 0 aliphatic rings. The van der Waals surface area contributed by atoms with Crippen LogP contribution in [0.15, 0.2) is 45.7 Å². The molecule has 0 fully saturated rings. The zero-order chi connectivity index (χ0) is 14.1. The number of rotatable bonds is 0. The van der Waals surface area contributed by atoms with Crippen LogP contribution in [-0.2, 0) is 0 Å². The molecule has 0 unspecified atom stereocenters. The van der Waals surface area contributed by atoms with Crippen molar-refractivity contribution in [3.63, 3.8) is 0 Å².